The summed E-state index contributed by atoms with van der Waals surface area (Å²) in [5.41, 5.74) is -0.647. The third-order valence-corrected chi connectivity index (χ3v) is 6.83. The minimum Gasteiger partial charge on any atom is -0.336 e. The number of sulfonamides is 1. The van der Waals surface area contributed by atoms with E-state index >= 15 is 0 Å². The molecule has 0 aromatic heterocycles. The van der Waals surface area contributed by atoms with Crippen molar-refractivity contribution in [2.24, 2.45) is 0 Å². The van der Waals surface area contributed by atoms with Crippen LogP contribution in [0.3, 0.4) is 0 Å². The van der Waals surface area contributed by atoms with Crippen molar-refractivity contribution in [3.8, 4) is 0 Å². The zero-order valence-corrected chi connectivity index (χ0v) is 16.2. The highest BCUT2D eigenvalue weighted by atomic mass is 35.5. The molecule has 0 N–H and O–H groups in total. The molecule has 144 valence electrons. The number of hydrogen-bond donors (Lipinski definition) is 0. The van der Waals surface area contributed by atoms with Crippen LogP contribution in [0.25, 0.3) is 0 Å². The fraction of sp³-hybridized carbons (Fsp3) is 0.235. The van der Waals surface area contributed by atoms with E-state index in [1.165, 1.54) is 29.2 Å². The molecule has 0 radical (unpaired) electrons. The Labute approximate surface area is 165 Å². The minimum atomic E-state index is -3.91. The summed E-state index contributed by atoms with van der Waals surface area (Å²) in [6.45, 7) is -0.0893. The van der Waals surface area contributed by atoms with E-state index in [-0.39, 0.29) is 41.1 Å². The Morgan fingerprint density at radius 2 is 1.56 bits per heavy atom. The number of hydrogen-bond acceptors (Lipinski definition) is 3. The normalized spacial score (nSPS) is 15.8. The predicted molar refractivity (Wildman–Crippen MR) is 97.5 cm³/mol. The van der Waals surface area contributed by atoms with Crippen molar-refractivity contribution >= 4 is 39.1 Å². The number of amides is 1. The molecule has 10 heteroatoms. The maximum Gasteiger partial charge on any atom is 0.259 e. The second-order valence-electron chi connectivity index (χ2n) is 5.87. The summed E-state index contributed by atoms with van der Waals surface area (Å²) in [4.78, 5) is 13.5. The Morgan fingerprint density at radius 3 is 2.15 bits per heavy atom. The zero-order chi connectivity index (χ0) is 19.8. The first-order chi connectivity index (χ1) is 12.7. The molecule has 0 saturated carbocycles. The van der Waals surface area contributed by atoms with Crippen molar-refractivity contribution in [3.05, 3.63) is 63.6 Å². The van der Waals surface area contributed by atoms with Crippen LogP contribution in [0.4, 0.5) is 8.78 Å². The summed E-state index contributed by atoms with van der Waals surface area (Å²) in [6, 6.07) is 7.28. The lowest BCUT2D eigenvalue weighted by Gasteiger charge is -2.34. The van der Waals surface area contributed by atoms with E-state index in [4.69, 9.17) is 23.2 Å². The van der Waals surface area contributed by atoms with Gasteiger partial charge in [-0.1, -0.05) is 29.3 Å². The van der Waals surface area contributed by atoms with E-state index in [0.717, 1.165) is 16.4 Å². The van der Waals surface area contributed by atoms with Gasteiger partial charge in [-0.05, 0) is 30.3 Å². The van der Waals surface area contributed by atoms with Crippen LogP contribution in [0.5, 0.6) is 0 Å². The van der Waals surface area contributed by atoms with Crippen LogP contribution in [0, 0.1) is 11.6 Å². The monoisotopic (exact) mass is 434 g/mol. The van der Waals surface area contributed by atoms with E-state index in [1.54, 1.807) is 0 Å². The lowest BCUT2D eigenvalue weighted by Crippen LogP contribution is -2.50. The topological polar surface area (TPSA) is 57.7 Å². The molecule has 0 spiro atoms. The van der Waals surface area contributed by atoms with Crippen LogP contribution < -0.4 is 0 Å². The smallest absolute Gasteiger partial charge is 0.259 e. The van der Waals surface area contributed by atoms with E-state index in [0.29, 0.717) is 0 Å². The van der Waals surface area contributed by atoms with Gasteiger partial charge in [0.2, 0.25) is 10.0 Å². The van der Waals surface area contributed by atoms with Gasteiger partial charge in [0.05, 0.1) is 5.02 Å². The van der Waals surface area contributed by atoms with Crippen LogP contribution in [-0.4, -0.2) is 49.7 Å². The molecule has 1 saturated heterocycles. The number of benzene rings is 2. The van der Waals surface area contributed by atoms with Gasteiger partial charge in [0.15, 0.2) is 0 Å². The SMILES string of the molecule is O=C(c1c(F)cccc1F)N1CCN(S(=O)(=O)c2cc(Cl)ccc2Cl)CC1. The van der Waals surface area contributed by atoms with Crippen molar-refractivity contribution < 1.29 is 22.0 Å². The number of nitrogens with zero attached hydrogens (tertiary/aromatic N) is 2. The lowest BCUT2D eigenvalue weighted by atomic mass is 10.1. The average molecular weight is 435 g/mol. The molecule has 2 aromatic carbocycles. The highest BCUT2D eigenvalue weighted by Gasteiger charge is 2.33. The molecule has 1 fully saturated rings. The molecule has 1 heterocycles. The third-order valence-electron chi connectivity index (χ3n) is 4.21. The highest BCUT2D eigenvalue weighted by Crippen LogP contribution is 2.28. The second-order valence-corrected chi connectivity index (χ2v) is 8.62. The van der Waals surface area contributed by atoms with Crippen molar-refractivity contribution in [1.29, 1.82) is 0 Å². The maximum absolute atomic E-state index is 13.8. The molecule has 5 nitrogen and oxygen atoms in total. The molecule has 2 aromatic rings. The minimum absolute atomic E-state index is 0.00990. The van der Waals surface area contributed by atoms with Crippen LogP contribution in [0.15, 0.2) is 41.3 Å². The van der Waals surface area contributed by atoms with Gasteiger partial charge in [0.1, 0.15) is 22.1 Å². The fourth-order valence-electron chi connectivity index (χ4n) is 2.81. The van der Waals surface area contributed by atoms with E-state index in [1.807, 2.05) is 0 Å². The Bertz CT molecular complexity index is 973. The first kappa shape index (κ1) is 20.0. The van der Waals surface area contributed by atoms with Gasteiger partial charge in [-0.25, -0.2) is 17.2 Å². The molecule has 27 heavy (non-hydrogen) atoms. The van der Waals surface area contributed by atoms with Gasteiger partial charge in [0, 0.05) is 31.2 Å². The van der Waals surface area contributed by atoms with Gasteiger partial charge in [-0.3, -0.25) is 4.79 Å². The van der Waals surface area contributed by atoms with E-state index in [2.05, 4.69) is 0 Å². The van der Waals surface area contributed by atoms with Crippen LogP contribution in [-0.2, 0) is 10.0 Å². The summed E-state index contributed by atoms with van der Waals surface area (Å²) in [6.07, 6.45) is 0. The largest absolute Gasteiger partial charge is 0.336 e. The number of rotatable bonds is 3. The first-order valence-electron chi connectivity index (χ1n) is 7.90. The standard InChI is InChI=1S/C17H14Cl2F2N2O3S/c18-11-4-5-12(19)15(10-11)27(25,26)23-8-6-22(7-9-23)17(24)16-13(20)2-1-3-14(16)21/h1-5,10H,6-9H2. The van der Waals surface area contributed by atoms with E-state index in [9.17, 15) is 22.0 Å². The quantitative estimate of drug-likeness (QED) is 0.743. The number of carbonyl (C=O) groups is 1. The van der Waals surface area contributed by atoms with Gasteiger partial charge >= 0.3 is 0 Å². The Hall–Kier alpha value is -1.74. The van der Waals surface area contributed by atoms with Crippen LogP contribution in [0.1, 0.15) is 10.4 Å². The molecule has 0 aliphatic carbocycles. The Kier molecular flexibility index (Phi) is 5.71. The van der Waals surface area contributed by atoms with Crippen LogP contribution in [0.2, 0.25) is 10.0 Å². The molecule has 0 bridgehead atoms. The van der Waals surface area contributed by atoms with E-state index < -0.39 is 33.1 Å². The summed E-state index contributed by atoms with van der Waals surface area (Å²) in [7, 11) is -3.91. The fourth-order valence-corrected chi connectivity index (χ4v) is 4.97. The van der Waals surface area contributed by atoms with Crippen molar-refractivity contribution in [3.63, 3.8) is 0 Å². The molecule has 0 atom stereocenters. The molecule has 1 amide bonds. The van der Waals surface area contributed by atoms with Crippen molar-refractivity contribution in [1.82, 2.24) is 9.21 Å². The maximum atomic E-state index is 13.8. The molecular formula is C17H14Cl2F2N2O3S. The molecule has 1 aliphatic rings. The van der Waals surface area contributed by atoms with Crippen molar-refractivity contribution in [2.75, 3.05) is 26.2 Å². The number of piperazine rings is 1. The van der Waals surface area contributed by atoms with Gasteiger partial charge in [-0.2, -0.15) is 4.31 Å². The lowest BCUT2D eigenvalue weighted by molar-refractivity contribution is 0.0688. The Morgan fingerprint density at radius 1 is 0.963 bits per heavy atom. The zero-order valence-electron chi connectivity index (χ0n) is 13.8. The molecular weight excluding hydrogens is 421 g/mol. The second kappa shape index (κ2) is 7.71. The molecule has 0 unspecified atom stereocenters. The van der Waals surface area contributed by atoms with Gasteiger partial charge in [-0.15, -0.1) is 0 Å². The first-order valence-corrected chi connectivity index (χ1v) is 10.1. The summed E-state index contributed by atoms with van der Waals surface area (Å²) < 4.78 is 54.3. The molecule has 3 rings (SSSR count). The van der Waals surface area contributed by atoms with Gasteiger partial charge < -0.3 is 4.90 Å². The highest BCUT2D eigenvalue weighted by molar-refractivity contribution is 7.89. The summed E-state index contributed by atoms with van der Waals surface area (Å²) in [5, 5.41) is 0.258. The number of halogens is 4. The average Bonchev–Trinajstić information content (AvgIpc) is 2.63. The summed E-state index contributed by atoms with van der Waals surface area (Å²) >= 11 is 11.8. The van der Waals surface area contributed by atoms with Gasteiger partial charge in [0.25, 0.3) is 5.91 Å². The molecule has 1 aliphatic heterocycles. The van der Waals surface area contributed by atoms with Crippen LogP contribution >= 0.6 is 23.2 Å². The predicted octanol–water partition coefficient (Wildman–Crippen LogP) is 3.42. The third kappa shape index (κ3) is 3.94. The summed E-state index contributed by atoms with van der Waals surface area (Å²) in [5.74, 6) is -2.73. The Balaban J connectivity index is 1.77. The van der Waals surface area contributed by atoms with Crippen molar-refractivity contribution in [2.45, 2.75) is 4.90 Å². The number of carbonyl (C=O) groups excluding carboxylic acids is 1.